The van der Waals surface area contributed by atoms with Crippen LogP contribution in [0.25, 0.3) is 0 Å². The van der Waals surface area contributed by atoms with Crippen molar-refractivity contribution in [2.24, 2.45) is 0 Å². The summed E-state index contributed by atoms with van der Waals surface area (Å²) in [7, 11) is -3.00. The van der Waals surface area contributed by atoms with Crippen LogP contribution in [0.5, 0.6) is 0 Å². The van der Waals surface area contributed by atoms with Gasteiger partial charge in [0.05, 0.1) is 17.1 Å². The number of ether oxygens (including phenoxy) is 1. The van der Waals surface area contributed by atoms with E-state index in [1.54, 1.807) is 0 Å². The van der Waals surface area contributed by atoms with Gasteiger partial charge in [0.2, 0.25) is 0 Å². The molecule has 0 aromatic heterocycles. The Balaban J connectivity index is 1.98. The Bertz CT molecular complexity index is 336. The van der Waals surface area contributed by atoms with E-state index in [1.807, 2.05) is 6.92 Å². The minimum Gasteiger partial charge on any atom is -0.377 e. The van der Waals surface area contributed by atoms with Crippen molar-refractivity contribution in [2.45, 2.75) is 56.4 Å². The predicted molar refractivity (Wildman–Crippen MR) is 67.9 cm³/mol. The topological polar surface area (TPSA) is 55.4 Å². The normalized spacial score (nSPS) is 34.3. The molecule has 100 valence electrons. The fourth-order valence-corrected chi connectivity index (χ4v) is 5.30. The number of rotatable bonds is 5. The van der Waals surface area contributed by atoms with E-state index < -0.39 is 9.84 Å². The van der Waals surface area contributed by atoms with Crippen LogP contribution in [0.1, 0.15) is 39.0 Å². The molecule has 0 aromatic carbocycles. The molecule has 0 amide bonds. The number of sulfone groups is 1. The molecule has 3 atom stereocenters. The molecular formula is C12H23NO3S. The Morgan fingerprint density at radius 2 is 2.06 bits per heavy atom. The Kier molecular flexibility index (Phi) is 4.44. The summed E-state index contributed by atoms with van der Waals surface area (Å²) in [4.78, 5) is 0. The Morgan fingerprint density at radius 3 is 2.71 bits per heavy atom. The van der Waals surface area contributed by atoms with Crippen LogP contribution in [0.2, 0.25) is 0 Å². The maximum atomic E-state index is 12.4. The Hall–Kier alpha value is -0.130. The smallest absolute Gasteiger partial charge is 0.157 e. The number of hydrogen-bond donors (Lipinski definition) is 1. The molecule has 0 spiro atoms. The first-order valence-electron chi connectivity index (χ1n) is 6.70. The lowest BCUT2D eigenvalue weighted by Crippen LogP contribution is -2.42. The lowest BCUT2D eigenvalue weighted by atomic mass is 10.2. The summed E-state index contributed by atoms with van der Waals surface area (Å²) < 4.78 is 30.2. The SMILES string of the molecule is CCNC1CCCC1S(=O)(=O)CC1CCCO1. The van der Waals surface area contributed by atoms with Crippen LogP contribution in [0.3, 0.4) is 0 Å². The molecule has 1 heterocycles. The fraction of sp³-hybridized carbons (Fsp3) is 1.00. The van der Waals surface area contributed by atoms with Crippen molar-refractivity contribution in [3.63, 3.8) is 0 Å². The van der Waals surface area contributed by atoms with Crippen molar-refractivity contribution in [1.29, 1.82) is 0 Å². The van der Waals surface area contributed by atoms with Gasteiger partial charge >= 0.3 is 0 Å². The van der Waals surface area contributed by atoms with E-state index in [4.69, 9.17) is 4.74 Å². The van der Waals surface area contributed by atoms with E-state index in [0.29, 0.717) is 0 Å². The summed E-state index contributed by atoms with van der Waals surface area (Å²) in [6.07, 6.45) is 4.67. The van der Waals surface area contributed by atoms with Crippen molar-refractivity contribution < 1.29 is 13.2 Å². The molecule has 5 heteroatoms. The molecule has 1 N–H and O–H groups in total. The van der Waals surface area contributed by atoms with Gasteiger partial charge in [-0.05, 0) is 32.2 Å². The molecule has 1 aliphatic carbocycles. The first kappa shape index (κ1) is 13.3. The van der Waals surface area contributed by atoms with E-state index in [1.165, 1.54) is 0 Å². The summed E-state index contributed by atoms with van der Waals surface area (Å²) in [6.45, 7) is 3.60. The van der Waals surface area contributed by atoms with E-state index in [0.717, 1.165) is 45.3 Å². The average molecular weight is 261 g/mol. The lowest BCUT2D eigenvalue weighted by molar-refractivity contribution is 0.127. The standard InChI is InChI=1S/C12H23NO3S/c1-2-13-11-6-3-7-12(11)17(14,15)9-10-5-4-8-16-10/h10-13H,2-9H2,1H3. The van der Waals surface area contributed by atoms with Gasteiger partial charge < -0.3 is 10.1 Å². The van der Waals surface area contributed by atoms with Gasteiger partial charge in [0.15, 0.2) is 9.84 Å². The zero-order chi connectivity index (χ0) is 12.3. The van der Waals surface area contributed by atoms with Crippen molar-refractivity contribution in [1.82, 2.24) is 5.32 Å². The highest BCUT2D eigenvalue weighted by atomic mass is 32.2. The predicted octanol–water partition coefficient (Wildman–Crippen LogP) is 1.11. The molecule has 2 fully saturated rings. The molecule has 2 rings (SSSR count). The van der Waals surface area contributed by atoms with Crippen molar-refractivity contribution in [3.05, 3.63) is 0 Å². The molecule has 2 aliphatic rings. The third kappa shape index (κ3) is 3.20. The molecule has 0 radical (unpaired) electrons. The summed E-state index contributed by atoms with van der Waals surface area (Å²) >= 11 is 0. The van der Waals surface area contributed by atoms with Gasteiger partial charge in [-0.15, -0.1) is 0 Å². The molecule has 3 unspecified atom stereocenters. The first-order chi connectivity index (χ1) is 8.13. The maximum absolute atomic E-state index is 12.4. The van der Waals surface area contributed by atoms with Gasteiger partial charge in [0.25, 0.3) is 0 Å². The minimum atomic E-state index is -3.00. The van der Waals surface area contributed by atoms with Crippen LogP contribution in [-0.2, 0) is 14.6 Å². The van der Waals surface area contributed by atoms with Gasteiger partial charge in [-0.1, -0.05) is 13.3 Å². The number of nitrogens with one attached hydrogen (secondary N) is 1. The second-order valence-electron chi connectivity index (χ2n) is 5.10. The average Bonchev–Trinajstić information content (AvgIpc) is 2.88. The summed E-state index contributed by atoms with van der Waals surface area (Å²) in [6, 6.07) is 0.159. The van der Waals surface area contributed by atoms with Gasteiger partial charge in [-0.25, -0.2) is 8.42 Å². The maximum Gasteiger partial charge on any atom is 0.157 e. The van der Waals surface area contributed by atoms with Gasteiger partial charge in [-0.3, -0.25) is 0 Å². The second-order valence-corrected chi connectivity index (χ2v) is 7.36. The largest absolute Gasteiger partial charge is 0.377 e. The van der Waals surface area contributed by atoms with Gasteiger partial charge in [-0.2, -0.15) is 0 Å². The molecule has 1 saturated carbocycles. The third-order valence-corrected chi connectivity index (χ3v) is 6.15. The van der Waals surface area contributed by atoms with Crippen LogP contribution in [-0.4, -0.2) is 44.7 Å². The van der Waals surface area contributed by atoms with Crippen LogP contribution in [0.4, 0.5) is 0 Å². The summed E-state index contributed by atoms with van der Waals surface area (Å²) in [5, 5.41) is 3.12. The highest BCUT2D eigenvalue weighted by Crippen LogP contribution is 2.28. The monoisotopic (exact) mass is 261 g/mol. The molecule has 4 nitrogen and oxygen atoms in total. The zero-order valence-corrected chi connectivity index (χ0v) is 11.3. The van der Waals surface area contributed by atoms with E-state index in [2.05, 4.69) is 5.32 Å². The van der Waals surface area contributed by atoms with E-state index in [9.17, 15) is 8.42 Å². The quantitative estimate of drug-likeness (QED) is 0.805. The van der Waals surface area contributed by atoms with Crippen LogP contribution in [0, 0.1) is 0 Å². The summed E-state index contributed by atoms with van der Waals surface area (Å²) in [5.41, 5.74) is 0. The van der Waals surface area contributed by atoms with Crippen LogP contribution < -0.4 is 5.32 Å². The van der Waals surface area contributed by atoms with Crippen molar-refractivity contribution in [3.8, 4) is 0 Å². The van der Waals surface area contributed by atoms with Crippen molar-refractivity contribution >= 4 is 9.84 Å². The van der Waals surface area contributed by atoms with Crippen LogP contribution in [0.15, 0.2) is 0 Å². The van der Waals surface area contributed by atoms with Gasteiger partial charge in [0, 0.05) is 12.6 Å². The lowest BCUT2D eigenvalue weighted by Gasteiger charge is -2.22. The number of hydrogen-bond acceptors (Lipinski definition) is 4. The molecule has 0 bridgehead atoms. The minimum absolute atomic E-state index is 0.0529. The molecule has 1 aliphatic heterocycles. The third-order valence-electron chi connectivity index (χ3n) is 3.82. The highest BCUT2D eigenvalue weighted by molar-refractivity contribution is 7.92. The van der Waals surface area contributed by atoms with Crippen LogP contribution >= 0.6 is 0 Å². The molecule has 0 aromatic rings. The second kappa shape index (κ2) is 5.67. The van der Waals surface area contributed by atoms with E-state index in [-0.39, 0.29) is 23.1 Å². The highest BCUT2D eigenvalue weighted by Gasteiger charge is 2.38. The molecule has 1 saturated heterocycles. The summed E-state index contributed by atoms with van der Waals surface area (Å²) in [5.74, 6) is 0.222. The molecular weight excluding hydrogens is 238 g/mol. The van der Waals surface area contributed by atoms with Gasteiger partial charge in [0.1, 0.15) is 0 Å². The van der Waals surface area contributed by atoms with E-state index >= 15 is 0 Å². The zero-order valence-electron chi connectivity index (χ0n) is 10.5. The van der Waals surface area contributed by atoms with Crippen molar-refractivity contribution in [2.75, 3.05) is 18.9 Å². The fourth-order valence-electron chi connectivity index (χ4n) is 3.01. The Morgan fingerprint density at radius 1 is 1.24 bits per heavy atom. The first-order valence-corrected chi connectivity index (χ1v) is 8.41. The molecule has 17 heavy (non-hydrogen) atoms. The Labute approximate surface area is 104 Å².